The molecule has 0 bridgehead atoms. The van der Waals surface area contributed by atoms with Gasteiger partial charge in [0.05, 0.1) is 39.3 Å². The summed E-state index contributed by atoms with van der Waals surface area (Å²) in [4.78, 5) is 20.5. The fourth-order valence-electron chi connectivity index (χ4n) is 8.36. The van der Waals surface area contributed by atoms with E-state index in [2.05, 4.69) is 77.8 Å². The molecule has 0 aliphatic rings. The maximum atomic E-state index is 12.8. The Balaban J connectivity index is 0. The summed E-state index contributed by atoms with van der Waals surface area (Å²) in [6.45, 7) is 9.03. The molecule has 0 aliphatic heterocycles. The van der Waals surface area contributed by atoms with E-state index < -0.39 is 39.1 Å². The van der Waals surface area contributed by atoms with Gasteiger partial charge in [0.15, 0.2) is 15.9 Å². The molecule has 0 saturated heterocycles. The smallest absolute Gasteiger partial charge is 0.485 e. The molecule has 115 heavy (non-hydrogen) atoms. The molecule has 0 saturated carbocycles. The largest absolute Gasteiger partial charge is 0.741 e. The molecule has 0 spiro atoms. The van der Waals surface area contributed by atoms with Crippen molar-refractivity contribution in [3.05, 3.63) is 330 Å². The third kappa shape index (κ3) is 42.1. The minimum Gasteiger partial charge on any atom is -0.741 e. The van der Waals surface area contributed by atoms with Crippen LogP contribution in [0.25, 0.3) is 43.9 Å². The molecule has 0 atom stereocenters. The molecular formula is C86H83Cu2F8N5O12S2. The average Bonchev–Trinajstić information content (AvgIpc) is 1.83. The van der Waals surface area contributed by atoms with Gasteiger partial charge in [0, 0.05) is 109 Å². The molecule has 11 aromatic rings. The number of rotatable bonds is 13. The van der Waals surface area contributed by atoms with Crippen molar-refractivity contribution in [3.63, 3.8) is 0 Å². The van der Waals surface area contributed by atoms with Gasteiger partial charge in [0.25, 0.3) is 10.1 Å². The van der Waals surface area contributed by atoms with E-state index in [0.29, 0.717) is 34.6 Å². The number of hydrogen-bond acceptors (Lipinski definition) is 14. The van der Waals surface area contributed by atoms with E-state index in [-0.39, 0.29) is 89.8 Å². The van der Waals surface area contributed by atoms with Crippen LogP contribution < -0.4 is 4.48 Å². The van der Waals surface area contributed by atoms with Crippen molar-refractivity contribution >= 4 is 38.5 Å². The minimum absolute atomic E-state index is 0. The number of hydrogen-bond donors (Lipinski definition) is 0. The van der Waals surface area contributed by atoms with Crippen molar-refractivity contribution in [2.45, 2.75) is 71.7 Å². The zero-order chi connectivity index (χ0) is 83.7. The monoisotopic (exact) mass is 1710 g/mol. The van der Waals surface area contributed by atoms with Crippen LogP contribution in [0.4, 0.5) is 40.8 Å². The summed E-state index contributed by atoms with van der Waals surface area (Å²) < 4.78 is 158. The van der Waals surface area contributed by atoms with Crippen LogP contribution in [0.2, 0.25) is 0 Å². The van der Waals surface area contributed by atoms with Crippen molar-refractivity contribution in [3.8, 4) is 83.0 Å². The zero-order valence-corrected chi connectivity index (χ0v) is 66.2. The molecule has 2 aromatic heterocycles. The first-order chi connectivity index (χ1) is 53.1. The van der Waals surface area contributed by atoms with Crippen LogP contribution >= 0.6 is 0 Å². The summed E-state index contributed by atoms with van der Waals surface area (Å²) in [7, 11) is -3.46. The number of carbonyl (C=O) groups excluding carboxylic acids is 2. The van der Waals surface area contributed by atoms with Gasteiger partial charge in [0.2, 0.25) is 0 Å². The Hall–Kier alpha value is -11.7. The van der Waals surface area contributed by atoms with Crippen molar-refractivity contribution in [2.75, 3.05) is 41.1 Å². The van der Waals surface area contributed by atoms with Crippen molar-refractivity contribution < 1.29 is 113 Å². The van der Waals surface area contributed by atoms with Crippen LogP contribution in [0.1, 0.15) is 91.3 Å². The number of quaternary nitrogens is 1. The molecule has 614 valence electrons. The van der Waals surface area contributed by atoms with E-state index in [9.17, 15) is 63.5 Å². The second kappa shape index (κ2) is 56.5. The Labute approximate surface area is 688 Å². The number of carbonyl (C=O) groups is 2. The fraction of sp³-hybridized carbons (Fsp3) is 0.186. The van der Waals surface area contributed by atoms with E-state index >= 15 is 0 Å². The van der Waals surface area contributed by atoms with Gasteiger partial charge in [0.1, 0.15) is 70.7 Å². The van der Waals surface area contributed by atoms with E-state index in [1.54, 1.807) is 24.3 Å². The van der Waals surface area contributed by atoms with Gasteiger partial charge in [-0.05, 0) is 178 Å². The van der Waals surface area contributed by atoms with Crippen LogP contribution in [0, 0.1) is 112 Å². The van der Waals surface area contributed by atoms with Gasteiger partial charge in [-0.2, -0.15) is 21.6 Å². The first-order valence-electron chi connectivity index (χ1n) is 33.0. The van der Waals surface area contributed by atoms with E-state index in [0.717, 1.165) is 77.7 Å². The first kappa shape index (κ1) is 105. The Morgan fingerprint density at radius 2 is 0.974 bits per heavy atom. The third-order valence-corrected chi connectivity index (χ3v) is 16.0. The SMILES string of the molecule is C.C#CCCOS(=O)(=O)c1ccc(C)cc1.C#CCC[18F].C#Cc1ccccc1.C[N+](C)(C)c1ccc(C=O)cc1.Cc1cccc(C)c1-c1cc(CC[18F])on1.Cc1cccc(C)c1C#[N+][O-].O=Cc1ccc([18F])cc1.O=S(=O)([O-])C(F)(F)F.[18F]c1ccc(-c2cc(-c3ccccc3)on2)cc1.[Cu].[Cu].[O-][N+]#Cc1ccc([18F])cc1. The van der Waals surface area contributed by atoms with Crippen LogP contribution in [0.3, 0.4) is 0 Å². The van der Waals surface area contributed by atoms with Gasteiger partial charge in [-0.1, -0.05) is 126 Å². The summed E-state index contributed by atoms with van der Waals surface area (Å²) in [5.41, 5.74) is 8.75. The Morgan fingerprint density at radius 1 is 0.530 bits per heavy atom. The average molecular weight is 1720 g/mol. The molecule has 17 nitrogen and oxygen atoms in total. The number of nitrogens with zero attached hydrogens (tertiary/aromatic N) is 5. The molecule has 11 rings (SSSR count). The number of terminal acetylenes is 3. The summed E-state index contributed by atoms with van der Waals surface area (Å²) >= 11 is 0. The van der Waals surface area contributed by atoms with Crippen LogP contribution in [0.15, 0.2) is 244 Å². The molecule has 0 N–H and O–H groups in total. The number of aldehydes is 2. The minimum atomic E-state index is -6.09. The van der Waals surface area contributed by atoms with Gasteiger partial charge in [-0.25, -0.2) is 21.6 Å². The molecule has 0 fully saturated rings. The molecule has 2 heterocycles. The number of aromatic nitrogens is 2. The van der Waals surface area contributed by atoms with Crippen molar-refractivity contribution in [2.24, 2.45) is 0 Å². The second-order valence-corrected chi connectivity index (χ2v) is 26.5. The first-order valence-corrected chi connectivity index (χ1v) is 35.8. The van der Waals surface area contributed by atoms with Gasteiger partial charge in [-0.3, -0.25) is 27.0 Å². The number of halogens is 8. The molecule has 0 unspecified atom stereocenters. The number of benzene rings is 9. The van der Waals surface area contributed by atoms with Crippen LogP contribution in [-0.4, -0.2) is 90.9 Å². The molecule has 29 heteroatoms. The van der Waals surface area contributed by atoms with Crippen LogP contribution in [0.5, 0.6) is 0 Å². The molecule has 9 aromatic carbocycles. The fourth-order valence-corrected chi connectivity index (χ4v) is 9.27. The molecule has 0 aliphatic carbocycles. The van der Waals surface area contributed by atoms with Gasteiger partial charge >= 0.3 is 17.6 Å². The molecule has 0 amide bonds. The van der Waals surface area contributed by atoms with Crippen LogP contribution in [-0.2, 0) is 65.0 Å². The summed E-state index contributed by atoms with van der Waals surface area (Å²) in [6.07, 6.45) is 17.1. The Kier molecular flexibility index (Phi) is 51.7. The van der Waals surface area contributed by atoms with E-state index in [1.165, 1.54) is 78.5 Å². The van der Waals surface area contributed by atoms with Crippen molar-refractivity contribution in [1.29, 1.82) is 0 Å². The second-order valence-electron chi connectivity index (χ2n) is 23.5. The molecule has 2 radical (unpaired) electrons. The predicted octanol–water partition coefficient (Wildman–Crippen LogP) is 20.5. The van der Waals surface area contributed by atoms with Gasteiger partial charge < -0.3 is 24.0 Å². The Morgan fingerprint density at radius 3 is 1.38 bits per heavy atom. The third-order valence-electron chi connectivity index (χ3n) is 14.1. The standard InChI is InChI=1S/C15H10FNO.C13H14FNO.C11H12O3S.C10H14NO.C9H9NO.C8H6.C7H4FNO.C7H5FO.C4H5F.CHF3O3S.CH4.2Cu/c16-13-8-6-11(7-9-13)14-10-15(18-17-14)12-4-2-1-3-5-12;1-9-4-3-5-10(2)13(9)12-8-11(6-7-14)16-15-12;1-3-4-9-14-15(12,13)11-7-5-10(2)6-8-11;1-11(2,3)10-6-4-9(8-12)5-7-10;1-7-4-3-5-8(2)9(7)6-10-11;1-2-8-6-4-3-5-7-8;8-7-3-1-6(2-4-7)5-9-10;8-7-3-1-6(5-9)2-4-7;1-2-3-4-5;2-1(3,4)8(5,6)7;;;/h1-10H;3-5,8H,6-7H2,1-2H3;1,5-8H,4,9H2,2H3;4-8H,1-3H3;3-5H,1-2H3;1,3-7H;1-4H;1-5H;1H,3-4H2;(H,5,6,7);1H4;;/q;;;+1;;;;;;;;;/p-1/i16-1;14-1;;;;;2*8-1;5-1;;;;. The maximum Gasteiger partial charge on any atom is 0.485 e. The quantitative estimate of drug-likeness (QED) is 0.00996. The Bertz CT molecular complexity index is 5120. The molecular weight excluding hydrogens is 1630 g/mol. The van der Waals surface area contributed by atoms with E-state index in [4.69, 9.17) is 39.0 Å². The van der Waals surface area contributed by atoms with Gasteiger partial charge in [-0.15, -0.1) is 31.1 Å². The summed E-state index contributed by atoms with van der Waals surface area (Å²) in [5.74, 6) is 7.37. The zero-order valence-electron chi connectivity index (χ0n) is 62.6. The van der Waals surface area contributed by atoms with Crippen molar-refractivity contribution in [1.82, 2.24) is 14.8 Å². The summed E-state index contributed by atoms with van der Waals surface area (Å²) in [6, 6.07) is 70.4. The van der Waals surface area contributed by atoms with E-state index in [1.807, 2.05) is 168 Å². The number of alkyl halides is 5. The number of aryl methyl sites for hydroxylation is 6. The summed E-state index contributed by atoms with van der Waals surface area (Å²) in [5, 5.41) is 32.5. The normalized spacial score (nSPS) is 9.76. The predicted molar refractivity (Wildman–Crippen MR) is 427 cm³/mol. The topological polar surface area (TPSA) is 242 Å². The maximum absolute atomic E-state index is 12.8.